The standard InChI is InChI=1S/C13H22N2O2S/c1-9(2)7-11(12-5-4-6-18-12)15-13(17)14-10(3)8-16/h4-6,9-11,16H,7-8H2,1-3H3,(H2,14,15,17). The predicted molar refractivity (Wildman–Crippen MR) is 74.7 cm³/mol. The zero-order chi connectivity index (χ0) is 13.5. The van der Waals surface area contributed by atoms with Crippen LogP contribution in [-0.2, 0) is 0 Å². The van der Waals surface area contributed by atoms with Crippen LogP contribution >= 0.6 is 11.3 Å². The highest BCUT2D eigenvalue weighted by Crippen LogP contribution is 2.25. The van der Waals surface area contributed by atoms with Gasteiger partial charge in [0.1, 0.15) is 0 Å². The first-order valence-corrected chi connectivity index (χ1v) is 7.12. The first kappa shape index (κ1) is 15.0. The summed E-state index contributed by atoms with van der Waals surface area (Å²) in [5.41, 5.74) is 0. The van der Waals surface area contributed by atoms with Crippen molar-refractivity contribution in [2.24, 2.45) is 5.92 Å². The van der Waals surface area contributed by atoms with Crippen molar-refractivity contribution >= 4 is 17.4 Å². The highest BCUT2D eigenvalue weighted by Gasteiger charge is 2.17. The highest BCUT2D eigenvalue weighted by molar-refractivity contribution is 7.10. The zero-order valence-corrected chi connectivity index (χ0v) is 12.0. The Morgan fingerprint density at radius 2 is 2.11 bits per heavy atom. The minimum absolute atomic E-state index is 0.0379. The molecule has 0 spiro atoms. The Labute approximate surface area is 112 Å². The van der Waals surface area contributed by atoms with Crippen LogP contribution < -0.4 is 10.6 Å². The van der Waals surface area contributed by atoms with E-state index in [0.717, 1.165) is 11.3 Å². The van der Waals surface area contributed by atoms with Crippen LogP contribution in [0.3, 0.4) is 0 Å². The van der Waals surface area contributed by atoms with E-state index in [0.29, 0.717) is 5.92 Å². The fourth-order valence-corrected chi connectivity index (χ4v) is 2.47. The first-order chi connectivity index (χ1) is 8.52. The van der Waals surface area contributed by atoms with Crippen LogP contribution in [0.1, 0.15) is 38.1 Å². The molecule has 1 heterocycles. The van der Waals surface area contributed by atoms with Crippen molar-refractivity contribution in [3.05, 3.63) is 22.4 Å². The summed E-state index contributed by atoms with van der Waals surface area (Å²) in [7, 11) is 0. The van der Waals surface area contributed by atoms with Crippen LogP contribution in [0, 0.1) is 5.92 Å². The number of rotatable bonds is 6. The van der Waals surface area contributed by atoms with Gasteiger partial charge in [0, 0.05) is 4.88 Å². The molecular formula is C13H22N2O2S. The van der Waals surface area contributed by atoms with Gasteiger partial charge in [-0.2, -0.15) is 0 Å². The highest BCUT2D eigenvalue weighted by atomic mass is 32.1. The SMILES string of the molecule is CC(C)CC(NC(=O)NC(C)CO)c1cccs1. The van der Waals surface area contributed by atoms with Crippen molar-refractivity contribution in [3.63, 3.8) is 0 Å². The first-order valence-electron chi connectivity index (χ1n) is 6.24. The fourth-order valence-electron chi connectivity index (χ4n) is 1.68. The van der Waals surface area contributed by atoms with E-state index < -0.39 is 0 Å². The lowest BCUT2D eigenvalue weighted by Crippen LogP contribution is -2.43. The molecule has 2 unspecified atom stereocenters. The van der Waals surface area contributed by atoms with Gasteiger partial charge in [0.25, 0.3) is 0 Å². The Kier molecular flexibility index (Phi) is 6.15. The molecule has 0 aromatic carbocycles. The Hall–Kier alpha value is -1.07. The number of hydrogen-bond donors (Lipinski definition) is 3. The normalized spacial score (nSPS) is 14.3. The molecule has 2 amide bonds. The average molecular weight is 270 g/mol. The lowest BCUT2D eigenvalue weighted by Gasteiger charge is -2.21. The molecule has 3 N–H and O–H groups in total. The van der Waals surface area contributed by atoms with Gasteiger partial charge < -0.3 is 15.7 Å². The largest absolute Gasteiger partial charge is 0.394 e. The van der Waals surface area contributed by atoms with Crippen molar-refractivity contribution in [3.8, 4) is 0 Å². The molecule has 18 heavy (non-hydrogen) atoms. The molecule has 0 saturated carbocycles. The minimum Gasteiger partial charge on any atom is -0.394 e. The van der Waals surface area contributed by atoms with Crippen LogP contribution in [-0.4, -0.2) is 23.8 Å². The van der Waals surface area contributed by atoms with E-state index in [2.05, 4.69) is 24.5 Å². The van der Waals surface area contributed by atoms with E-state index in [1.54, 1.807) is 18.3 Å². The van der Waals surface area contributed by atoms with Crippen LogP contribution in [0.4, 0.5) is 4.79 Å². The van der Waals surface area contributed by atoms with Crippen molar-refractivity contribution in [1.29, 1.82) is 0 Å². The maximum Gasteiger partial charge on any atom is 0.315 e. The van der Waals surface area contributed by atoms with Gasteiger partial charge in [0.15, 0.2) is 0 Å². The van der Waals surface area contributed by atoms with Gasteiger partial charge in [0.2, 0.25) is 0 Å². The number of amides is 2. The number of hydrogen-bond acceptors (Lipinski definition) is 3. The second-order valence-electron chi connectivity index (χ2n) is 4.90. The van der Waals surface area contributed by atoms with Crippen molar-refractivity contribution < 1.29 is 9.90 Å². The predicted octanol–water partition coefficient (Wildman–Crippen LogP) is 2.52. The molecule has 4 nitrogen and oxygen atoms in total. The number of aliphatic hydroxyl groups is 1. The summed E-state index contributed by atoms with van der Waals surface area (Å²) in [4.78, 5) is 12.9. The molecule has 1 aromatic heterocycles. The molecule has 1 aromatic rings. The summed E-state index contributed by atoms with van der Waals surface area (Å²) in [5.74, 6) is 0.507. The summed E-state index contributed by atoms with van der Waals surface area (Å²) in [6.07, 6.45) is 0.904. The van der Waals surface area contributed by atoms with Crippen molar-refractivity contribution in [1.82, 2.24) is 10.6 Å². The van der Waals surface area contributed by atoms with E-state index in [9.17, 15) is 4.79 Å². The molecule has 102 valence electrons. The summed E-state index contributed by atoms with van der Waals surface area (Å²) in [6.45, 7) is 5.98. The number of nitrogens with one attached hydrogen (secondary N) is 2. The average Bonchev–Trinajstić information content (AvgIpc) is 2.80. The number of urea groups is 1. The third-order valence-electron chi connectivity index (χ3n) is 2.55. The van der Waals surface area contributed by atoms with Gasteiger partial charge >= 0.3 is 6.03 Å². The molecule has 0 saturated heterocycles. The molecule has 0 aliphatic carbocycles. The smallest absolute Gasteiger partial charge is 0.315 e. The topological polar surface area (TPSA) is 61.4 Å². The fraction of sp³-hybridized carbons (Fsp3) is 0.615. The number of carbonyl (C=O) groups is 1. The molecule has 5 heteroatoms. The van der Waals surface area contributed by atoms with Crippen LogP contribution in [0.5, 0.6) is 0 Å². The van der Waals surface area contributed by atoms with Gasteiger partial charge in [-0.15, -0.1) is 11.3 Å². The van der Waals surface area contributed by atoms with Crippen LogP contribution in [0.2, 0.25) is 0 Å². The Balaban J connectivity index is 2.59. The van der Waals surface area contributed by atoms with E-state index in [4.69, 9.17) is 5.11 Å². The molecule has 0 aliphatic rings. The lowest BCUT2D eigenvalue weighted by atomic mass is 10.0. The zero-order valence-electron chi connectivity index (χ0n) is 11.1. The minimum atomic E-state index is -0.229. The summed E-state index contributed by atoms with van der Waals surface area (Å²) in [5, 5.41) is 16.6. The molecule has 1 rings (SSSR count). The Bertz CT molecular complexity index is 352. The summed E-state index contributed by atoms with van der Waals surface area (Å²) in [6, 6.07) is 3.61. The Morgan fingerprint density at radius 3 is 2.61 bits per heavy atom. The van der Waals surface area contributed by atoms with Gasteiger partial charge in [-0.1, -0.05) is 19.9 Å². The van der Waals surface area contributed by atoms with Gasteiger partial charge in [0.05, 0.1) is 18.7 Å². The molecule has 0 bridgehead atoms. The maximum absolute atomic E-state index is 11.8. The van der Waals surface area contributed by atoms with Gasteiger partial charge in [-0.05, 0) is 30.7 Å². The third kappa shape index (κ3) is 5.06. The molecule has 0 radical (unpaired) electrons. The summed E-state index contributed by atoms with van der Waals surface area (Å²) < 4.78 is 0. The van der Waals surface area contributed by atoms with Gasteiger partial charge in [-0.3, -0.25) is 0 Å². The van der Waals surface area contributed by atoms with E-state index in [1.165, 1.54) is 0 Å². The van der Waals surface area contributed by atoms with Gasteiger partial charge in [-0.25, -0.2) is 4.79 Å². The number of thiophene rings is 1. The molecular weight excluding hydrogens is 248 g/mol. The van der Waals surface area contributed by atoms with E-state index >= 15 is 0 Å². The second-order valence-corrected chi connectivity index (χ2v) is 5.88. The number of aliphatic hydroxyl groups excluding tert-OH is 1. The monoisotopic (exact) mass is 270 g/mol. The molecule has 2 atom stereocenters. The third-order valence-corrected chi connectivity index (χ3v) is 3.54. The maximum atomic E-state index is 11.8. The summed E-state index contributed by atoms with van der Waals surface area (Å²) >= 11 is 1.65. The number of carbonyl (C=O) groups excluding carboxylic acids is 1. The molecule has 0 fully saturated rings. The second kappa shape index (κ2) is 7.38. The Morgan fingerprint density at radius 1 is 1.39 bits per heavy atom. The van der Waals surface area contributed by atoms with Crippen LogP contribution in [0.15, 0.2) is 17.5 Å². The van der Waals surface area contributed by atoms with E-state index in [-0.39, 0.29) is 24.7 Å². The molecule has 0 aliphatic heterocycles. The lowest BCUT2D eigenvalue weighted by molar-refractivity contribution is 0.216. The van der Waals surface area contributed by atoms with Crippen LogP contribution in [0.25, 0.3) is 0 Å². The van der Waals surface area contributed by atoms with Crippen molar-refractivity contribution in [2.75, 3.05) is 6.61 Å². The van der Waals surface area contributed by atoms with E-state index in [1.807, 2.05) is 17.5 Å². The quantitative estimate of drug-likeness (QED) is 0.744. The van der Waals surface area contributed by atoms with Crippen molar-refractivity contribution in [2.45, 2.75) is 39.3 Å².